The third-order valence-electron chi connectivity index (χ3n) is 3.64. The van der Waals surface area contributed by atoms with Gasteiger partial charge in [-0.2, -0.15) is 0 Å². The fourth-order valence-electron chi connectivity index (χ4n) is 2.25. The third-order valence-corrected chi connectivity index (χ3v) is 3.64. The molecule has 1 N–H and O–H groups in total. The minimum atomic E-state index is -0.912. The summed E-state index contributed by atoms with van der Waals surface area (Å²) in [4.78, 5) is 16.4. The van der Waals surface area contributed by atoms with Crippen molar-refractivity contribution in [2.24, 2.45) is 5.92 Å². The van der Waals surface area contributed by atoms with Gasteiger partial charge >= 0.3 is 5.97 Å². The molecule has 0 amide bonds. The number of rotatable bonds is 6. The first-order valence-corrected chi connectivity index (χ1v) is 7.48. The second-order valence-electron chi connectivity index (χ2n) is 5.73. The molecule has 2 atom stereocenters. The summed E-state index contributed by atoms with van der Waals surface area (Å²) in [6, 6.07) is 9.04. The van der Waals surface area contributed by atoms with Crippen molar-refractivity contribution in [3.63, 3.8) is 0 Å². The largest absolute Gasteiger partial charge is 0.460 e. The molecule has 0 bridgehead atoms. The molecule has 2 rings (SSSR count). The van der Waals surface area contributed by atoms with Gasteiger partial charge in [0.05, 0.1) is 6.10 Å². The van der Waals surface area contributed by atoms with E-state index in [0.29, 0.717) is 5.56 Å². The first kappa shape index (κ1) is 17.1. The van der Waals surface area contributed by atoms with Gasteiger partial charge in [-0.05, 0) is 41.3 Å². The Morgan fingerprint density at radius 2 is 1.78 bits per heavy atom. The van der Waals surface area contributed by atoms with E-state index in [4.69, 9.17) is 4.74 Å². The molecule has 0 radical (unpaired) electrons. The molecule has 1 aromatic heterocycles. The Morgan fingerprint density at radius 1 is 1.17 bits per heavy atom. The van der Waals surface area contributed by atoms with Crippen LogP contribution < -0.4 is 0 Å². The van der Waals surface area contributed by atoms with Crippen LogP contribution in [0.15, 0.2) is 48.8 Å². The van der Waals surface area contributed by atoms with Gasteiger partial charge in [0.1, 0.15) is 18.3 Å². The normalized spacial score (nSPS) is 13.6. The molecule has 0 saturated carbocycles. The molecule has 23 heavy (non-hydrogen) atoms. The van der Waals surface area contributed by atoms with E-state index in [1.165, 1.54) is 24.3 Å². The second-order valence-corrected chi connectivity index (χ2v) is 5.73. The SMILES string of the molecule is CC(C)C(O)C(C(=O)OCc1ccncc1)c1ccc(F)cc1. The Labute approximate surface area is 134 Å². The number of carbonyl (C=O) groups is 1. The minimum absolute atomic E-state index is 0.101. The number of benzene rings is 1. The van der Waals surface area contributed by atoms with Crippen LogP contribution in [-0.4, -0.2) is 22.2 Å². The Bertz CT molecular complexity index is 628. The average Bonchev–Trinajstić information content (AvgIpc) is 2.55. The zero-order chi connectivity index (χ0) is 16.8. The van der Waals surface area contributed by atoms with E-state index >= 15 is 0 Å². The van der Waals surface area contributed by atoms with Crippen molar-refractivity contribution in [1.82, 2.24) is 4.98 Å². The van der Waals surface area contributed by atoms with Crippen molar-refractivity contribution in [2.45, 2.75) is 32.5 Å². The monoisotopic (exact) mass is 317 g/mol. The molecule has 0 aliphatic heterocycles. The van der Waals surface area contributed by atoms with Crippen molar-refractivity contribution < 1.29 is 19.0 Å². The summed E-state index contributed by atoms with van der Waals surface area (Å²) >= 11 is 0. The van der Waals surface area contributed by atoms with E-state index in [2.05, 4.69) is 4.98 Å². The van der Waals surface area contributed by atoms with Crippen LogP contribution >= 0.6 is 0 Å². The fourth-order valence-corrected chi connectivity index (χ4v) is 2.25. The Balaban J connectivity index is 2.16. The van der Waals surface area contributed by atoms with Crippen LogP contribution in [0, 0.1) is 11.7 Å². The molecule has 0 aliphatic carbocycles. The Morgan fingerprint density at radius 3 is 2.35 bits per heavy atom. The first-order valence-electron chi connectivity index (χ1n) is 7.48. The molecular formula is C18H20FNO3. The van der Waals surface area contributed by atoms with Crippen molar-refractivity contribution in [3.8, 4) is 0 Å². The zero-order valence-corrected chi connectivity index (χ0v) is 13.1. The number of aliphatic hydroxyl groups is 1. The van der Waals surface area contributed by atoms with Crippen molar-refractivity contribution in [2.75, 3.05) is 0 Å². The summed E-state index contributed by atoms with van der Waals surface area (Å²) in [5, 5.41) is 10.4. The summed E-state index contributed by atoms with van der Waals surface area (Å²) in [7, 11) is 0. The predicted octanol–water partition coefficient (Wildman–Crippen LogP) is 3.06. The van der Waals surface area contributed by atoms with Gasteiger partial charge in [-0.1, -0.05) is 26.0 Å². The van der Waals surface area contributed by atoms with Gasteiger partial charge < -0.3 is 9.84 Å². The van der Waals surface area contributed by atoms with Crippen LogP contribution in [0.5, 0.6) is 0 Å². The van der Waals surface area contributed by atoms with Crippen molar-refractivity contribution >= 4 is 5.97 Å². The van der Waals surface area contributed by atoms with E-state index in [0.717, 1.165) is 5.56 Å². The highest BCUT2D eigenvalue weighted by Crippen LogP contribution is 2.26. The number of hydrogen-bond donors (Lipinski definition) is 1. The minimum Gasteiger partial charge on any atom is -0.460 e. The highest BCUT2D eigenvalue weighted by molar-refractivity contribution is 5.79. The van der Waals surface area contributed by atoms with Crippen LogP contribution in [0.3, 0.4) is 0 Å². The highest BCUT2D eigenvalue weighted by atomic mass is 19.1. The lowest BCUT2D eigenvalue weighted by Crippen LogP contribution is -2.31. The number of esters is 1. The van der Waals surface area contributed by atoms with Gasteiger partial charge in [-0.15, -0.1) is 0 Å². The smallest absolute Gasteiger partial charge is 0.316 e. The molecule has 4 nitrogen and oxygen atoms in total. The van der Waals surface area contributed by atoms with E-state index in [9.17, 15) is 14.3 Å². The maximum atomic E-state index is 13.1. The van der Waals surface area contributed by atoms with Crippen LogP contribution in [0.25, 0.3) is 0 Å². The zero-order valence-electron chi connectivity index (χ0n) is 13.1. The lowest BCUT2D eigenvalue weighted by molar-refractivity contribution is -0.150. The average molecular weight is 317 g/mol. The molecule has 5 heteroatoms. The molecule has 0 fully saturated rings. The second kappa shape index (κ2) is 7.83. The molecule has 0 spiro atoms. The van der Waals surface area contributed by atoms with Gasteiger partial charge in [0.2, 0.25) is 0 Å². The molecule has 122 valence electrons. The standard InChI is InChI=1S/C18H20FNO3/c1-12(2)17(21)16(14-3-5-15(19)6-4-14)18(22)23-11-13-7-9-20-10-8-13/h3-10,12,16-17,21H,11H2,1-2H3. The number of pyridine rings is 1. The number of aromatic nitrogens is 1. The van der Waals surface area contributed by atoms with Gasteiger partial charge in [0, 0.05) is 12.4 Å². The fraction of sp³-hybridized carbons (Fsp3) is 0.333. The van der Waals surface area contributed by atoms with Crippen LogP contribution in [0.2, 0.25) is 0 Å². The summed E-state index contributed by atoms with van der Waals surface area (Å²) in [5.41, 5.74) is 1.34. The van der Waals surface area contributed by atoms with Crippen molar-refractivity contribution in [1.29, 1.82) is 0 Å². The number of ether oxygens (including phenoxy) is 1. The van der Waals surface area contributed by atoms with E-state index in [1.807, 2.05) is 13.8 Å². The molecule has 2 unspecified atom stereocenters. The molecule has 0 aliphatic rings. The maximum absolute atomic E-state index is 13.1. The van der Waals surface area contributed by atoms with Gasteiger partial charge in [0.15, 0.2) is 0 Å². The van der Waals surface area contributed by atoms with Gasteiger partial charge in [-0.3, -0.25) is 9.78 Å². The molecule has 2 aromatic rings. The lowest BCUT2D eigenvalue weighted by Gasteiger charge is -2.24. The quantitative estimate of drug-likeness (QED) is 0.832. The van der Waals surface area contributed by atoms with E-state index in [-0.39, 0.29) is 12.5 Å². The van der Waals surface area contributed by atoms with Crippen LogP contribution in [-0.2, 0) is 16.1 Å². The van der Waals surface area contributed by atoms with Crippen LogP contribution in [0.1, 0.15) is 30.9 Å². The highest BCUT2D eigenvalue weighted by Gasteiger charge is 2.32. The summed E-state index contributed by atoms with van der Waals surface area (Å²) in [6.07, 6.45) is 2.32. The first-order chi connectivity index (χ1) is 11.0. The molecular weight excluding hydrogens is 297 g/mol. The van der Waals surface area contributed by atoms with Gasteiger partial charge in [0.25, 0.3) is 0 Å². The third kappa shape index (κ3) is 4.60. The molecule has 1 heterocycles. The topological polar surface area (TPSA) is 59.4 Å². The number of nitrogens with zero attached hydrogens (tertiary/aromatic N) is 1. The maximum Gasteiger partial charge on any atom is 0.316 e. The van der Waals surface area contributed by atoms with E-state index < -0.39 is 23.8 Å². The summed E-state index contributed by atoms with van der Waals surface area (Å²) in [5.74, 6) is -1.91. The number of aliphatic hydroxyl groups excluding tert-OH is 1. The number of halogens is 1. The van der Waals surface area contributed by atoms with Crippen LogP contribution in [0.4, 0.5) is 4.39 Å². The van der Waals surface area contributed by atoms with Crippen molar-refractivity contribution in [3.05, 3.63) is 65.7 Å². The molecule has 0 saturated heterocycles. The Kier molecular flexibility index (Phi) is 5.82. The van der Waals surface area contributed by atoms with E-state index in [1.54, 1.807) is 24.5 Å². The summed E-state index contributed by atoms with van der Waals surface area (Å²) < 4.78 is 18.4. The number of hydrogen-bond acceptors (Lipinski definition) is 4. The summed E-state index contributed by atoms with van der Waals surface area (Å²) in [6.45, 7) is 3.73. The van der Waals surface area contributed by atoms with Gasteiger partial charge in [-0.25, -0.2) is 4.39 Å². The Hall–Kier alpha value is -2.27. The number of carbonyl (C=O) groups excluding carboxylic acids is 1. The predicted molar refractivity (Wildman–Crippen MR) is 84.0 cm³/mol. The molecule has 1 aromatic carbocycles. The lowest BCUT2D eigenvalue weighted by atomic mass is 9.87.